The van der Waals surface area contributed by atoms with Crippen LogP contribution < -0.4 is 10.6 Å². The lowest BCUT2D eigenvalue weighted by molar-refractivity contribution is 0.187. The minimum absolute atomic E-state index is 0.266. The van der Waals surface area contributed by atoms with Crippen LogP contribution >= 0.6 is 22.6 Å². The van der Waals surface area contributed by atoms with Crippen LogP contribution in [0.5, 0.6) is 0 Å². The molecule has 1 aromatic carbocycles. The maximum absolute atomic E-state index is 9.20. The average Bonchev–Trinajstić information content (AvgIpc) is 2.14. The van der Waals surface area contributed by atoms with Crippen LogP contribution in [0.2, 0.25) is 0 Å². The molecule has 0 fully saturated rings. The average molecular weight is 320 g/mol. The molecule has 0 heterocycles. The molecular weight excluding hydrogens is 303 g/mol. The first kappa shape index (κ1) is 12.6. The highest BCUT2D eigenvalue weighted by Crippen LogP contribution is 2.24. The molecule has 0 saturated heterocycles. The maximum atomic E-state index is 9.20. The molecule has 1 aromatic rings. The Morgan fingerprint density at radius 1 is 1.53 bits per heavy atom. The molecule has 0 aliphatic carbocycles. The van der Waals surface area contributed by atoms with Crippen molar-refractivity contribution in [3.05, 3.63) is 21.8 Å². The van der Waals surface area contributed by atoms with Crippen molar-refractivity contribution in [2.45, 2.75) is 19.4 Å². The molecule has 0 radical (unpaired) electrons. The second kappa shape index (κ2) is 5.55. The fourth-order valence-corrected chi connectivity index (χ4v) is 1.89. The normalized spacial score (nSPS) is 12.5. The van der Waals surface area contributed by atoms with Crippen LogP contribution in [-0.2, 0) is 0 Å². The molecule has 0 spiro atoms. The minimum Gasteiger partial charge on any atom is -0.397 e. The van der Waals surface area contributed by atoms with Crippen molar-refractivity contribution in [2.75, 3.05) is 24.2 Å². The highest BCUT2D eigenvalue weighted by molar-refractivity contribution is 14.1. The van der Waals surface area contributed by atoms with Gasteiger partial charge in [0, 0.05) is 17.2 Å². The van der Waals surface area contributed by atoms with Gasteiger partial charge >= 0.3 is 0 Å². The van der Waals surface area contributed by atoms with E-state index in [1.165, 1.54) is 0 Å². The van der Waals surface area contributed by atoms with Crippen LogP contribution in [0.3, 0.4) is 0 Å². The fraction of sp³-hybridized carbons (Fsp3) is 0.455. The van der Waals surface area contributed by atoms with Gasteiger partial charge in [-0.05, 0) is 54.1 Å². The summed E-state index contributed by atoms with van der Waals surface area (Å²) in [5, 5.41) is 9.20. The van der Waals surface area contributed by atoms with Gasteiger partial charge in [0.2, 0.25) is 0 Å². The van der Waals surface area contributed by atoms with Gasteiger partial charge < -0.3 is 15.7 Å². The zero-order valence-corrected chi connectivity index (χ0v) is 11.2. The van der Waals surface area contributed by atoms with E-state index in [1.54, 1.807) is 6.92 Å². The Hall–Kier alpha value is -0.490. The lowest BCUT2D eigenvalue weighted by Crippen LogP contribution is -2.22. The summed E-state index contributed by atoms with van der Waals surface area (Å²) in [4.78, 5) is 2.07. The molecule has 1 rings (SSSR count). The zero-order valence-electron chi connectivity index (χ0n) is 9.07. The summed E-state index contributed by atoms with van der Waals surface area (Å²) in [5.74, 6) is 0. The topological polar surface area (TPSA) is 49.5 Å². The second-order valence-corrected chi connectivity index (χ2v) is 5.01. The first-order valence-electron chi connectivity index (χ1n) is 4.95. The van der Waals surface area contributed by atoms with E-state index < -0.39 is 0 Å². The zero-order chi connectivity index (χ0) is 11.4. The largest absolute Gasteiger partial charge is 0.397 e. The van der Waals surface area contributed by atoms with E-state index in [0.717, 1.165) is 27.9 Å². The van der Waals surface area contributed by atoms with Gasteiger partial charge in [0.05, 0.1) is 17.5 Å². The Kier molecular flexibility index (Phi) is 4.66. The van der Waals surface area contributed by atoms with Crippen LogP contribution in [0.25, 0.3) is 0 Å². The molecule has 3 N–H and O–H groups in total. The molecule has 0 amide bonds. The molecule has 3 nitrogen and oxygen atoms in total. The smallest absolute Gasteiger partial charge is 0.0598 e. The Morgan fingerprint density at radius 2 is 2.20 bits per heavy atom. The van der Waals surface area contributed by atoms with E-state index in [-0.39, 0.29) is 6.10 Å². The molecule has 0 aromatic heterocycles. The molecule has 0 aliphatic rings. The van der Waals surface area contributed by atoms with Crippen molar-refractivity contribution in [3.63, 3.8) is 0 Å². The molecule has 15 heavy (non-hydrogen) atoms. The van der Waals surface area contributed by atoms with Crippen LogP contribution in [0.15, 0.2) is 18.2 Å². The lowest BCUT2D eigenvalue weighted by atomic mass is 10.2. The van der Waals surface area contributed by atoms with Crippen molar-refractivity contribution in [1.29, 1.82) is 0 Å². The van der Waals surface area contributed by atoms with Crippen LogP contribution in [0.1, 0.15) is 13.3 Å². The molecule has 1 atom stereocenters. The lowest BCUT2D eigenvalue weighted by Gasteiger charge is -2.21. The number of benzene rings is 1. The van der Waals surface area contributed by atoms with E-state index >= 15 is 0 Å². The van der Waals surface area contributed by atoms with Crippen LogP contribution in [0, 0.1) is 3.57 Å². The number of nitrogens with zero attached hydrogens (tertiary/aromatic N) is 1. The predicted octanol–water partition coefficient (Wildman–Crippen LogP) is 2.08. The van der Waals surface area contributed by atoms with Gasteiger partial charge in [0.1, 0.15) is 0 Å². The van der Waals surface area contributed by atoms with Gasteiger partial charge in [0.25, 0.3) is 0 Å². The van der Waals surface area contributed by atoms with Crippen LogP contribution in [0.4, 0.5) is 11.4 Å². The van der Waals surface area contributed by atoms with E-state index in [0.29, 0.717) is 0 Å². The second-order valence-electron chi connectivity index (χ2n) is 3.76. The molecule has 0 aliphatic heterocycles. The number of anilines is 2. The summed E-state index contributed by atoms with van der Waals surface area (Å²) in [6.45, 7) is 2.60. The van der Waals surface area contributed by atoms with Gasteiger partial charge in [-0.2, -0.15) is 0 Å². The van der Waals surface area contributed by atoms with Crippen molar-refractivity contribution < 1.29 is 5.11 Å². The number of hydrogen-bond acceptors (Lipinski definition) is 3. The summed E-state index contributed by atoms with van der Waals surface area (Å²) < 4.78 is 1.14. The standard InChI is InChI=1S/C11H17IN2O/c1-8(15)5-6-14(2)11-4-3-9(12)7-10(11)13/h3-4,7-8,15H,5-6,13H2,1-2H3. The number of nitrogen functional groups attached to an aromatic ring is 1. The van der Waals surface area contributed by atoms with Crippen molar-refractivity contribution >= 4 is 34.0 Å². The Bertz CT molecular complexity index is 328. The highest BCUT2D eigenvalue weighted by Gasteiger charge is 2.06. The predicted molar refractivity (Wildman–Crippen MR) is 73.1 cm³/mol. The Balaban J connectivity index is 2.69. The van der Waals surface area contributed by atoms with E-state index in [9.17, 15) is 5.11 Å². The summed E-state index contributed by atoms with van der Waals surface area (Å²) in [6, 6.07) is 6.00. The molecular formula is C11H17IN2O. The van der Waals surface area contributed by atoms with Gasteiger partial charge in [0.15, 0.2) is 0 Å². The van der Waals surface area contributed by atoms with E-state index in [4.69, 9.17) is 5.73 Å². The monoisotopic (exact) mass is 320 g/mol. The number of nitrogens with two attached hydrogens (primary N) is 1. The van der Waals surface area contributed by atoms with Gasteiger partial charge in [-0.1, -0.05) is 0 Å². The SMILES string of the molecule is CC(O)CCN(C)c1ccc(I)cc1N. The Morgan fingerprint density at radius 3 is 2.73 bits per heavy atom. The minimum atomic E-state index is -0.266. The Labute approximate surface area is 104 Å². The third kappa shape index (κ3) is 3.87. The van der Waals surface area contributed by atoms with E-state index in [2.05, 4.69) is 27.5 Å². The number of aliphatic hydroxyl groups is 1. The molecule has 4 heteroatoms. The number of aliphatic hydroxyl groups excluding tert-OH is 1. The fourth-order valence-electron chi connectivity index (χ4n) is 1.37. The van der Waals surface area contributed by atoms with Crippen molar-refractivity contribution in [3.8, 4) is 0 Å². The maximum Gasteiger partial charge on any atom is 0.0598 e. The number of halogens is 1. The quantitative estimate of drug-likeness (QED) is 0.660. The summed E-state index contributed by atoms with van der Waals surface area (Å²) in [5.41, 5.74) is 7.73. The number of hydrogen-bond donors (Lipinski definition) is 2. The summed E-state index contributed by atoms with van der Waals surface area (Å²) in [7, 11) is 1.99. The third-order valence-corrected chi connectivity index (χ3v) is 2.95. The molecule has 1 unspecified atom stereocenters. The van der Waals surface area contributed by atoms with Gasteiger partial charge in [-0.15, -0.1) is 0 Å². The van der Waals surface area contributed by atoms with Gasteiger partial charge in [-0.25, -0.2) is 0 Å². The van der Waals surface area contributed by atoms with Crippen molar-refractivity contribution in [2.24, 2.45) is 0 Å². The molecule has 0 bridgehead atoms. The number of rotatable bonds is 4. The first-order valence-corrected chi connectivity index (χ1v) is 6.03. The molecule has 0 saturated carbocycles. The molecule has 84 valence electrons. The van der Waals surface area contributed by atoms with Gasteiger partial charge in [-0.3, -0.25) is 0 Å². The van der Waals surface area contributed by atoms with Crippen LogP contribution in [-0.4, -0.2) is 24.8 Å². The summed E-state index contributed by atoms with van der Waals surface area (Å²) >= 11 is 2.24. The first-order chi connectivity index (χ1) is 7.00. The third-order valence-electron chi connectivity index (χ3n) is 2.28. The van der Waals surface area contributed by atoms with Crippen molar-refractivity contribution in [1.82, 2.24) is 0 Å². The van der Waals surface area contributed by atoms with E-state index in [1.807, 2.05) is 25.2 Å². The summed E-state index contributed by atoms with van der Waals surface area (Å²) in [6.07, 6.45) is 0.486. The highest BCUT2D eigenvalue weighted by atomic mass is 127.